The number of benzene rings is 2. The highest BCUT2D eigenvalue weighted by Gasteiger charge is 2.34. The van der Waals surface area contributed by atoms with Crippen LogP contribution in [0.5, 0.6) is 0 Å². The Balaban J connectivity index is 1.94. The summed E-state index contributed by atoms with van der Waals surface area (Å²) in [5.74, 6) is 0.147. The summed E-state index contributed by atoms with van der Waals surface area (Å²) >= 11 is 10.3. The monoisotopic (exact) mass is 437 g/mol. The lowest BCUT2D eigenvalue weighted by Crippen LogP contribution is -2.18. The summed E-state index contributed by atoms with van der Waals surface area (Å²) in [6.45, 7) is 0. The van der Waals surface area contributed by atoms with Crippen molar-refractivity contribution in [2.75, 3.05) is 11.1 Å². The Kier molecular flexibility index (Phi) is 6.60. The number of nitrogens with one attached hydrogen (secondary N) is 1. The highest BCUT2D eigenvalue weighted by Crippen LogP contribution is 2.36. The van der Waals surface area contributed by atoms with Crippen LogP contribution in [-0.4, -0.2) is 11.7 Å². The third kappa shape index (κ3) is 5.72. The van der Waals surface area contributed by atoms with Crippen molar-refractivity contribution in [2.45, 2.75) is 11.9 Å². The Hall–Kier alpha value is -1.18. The minimum atomic E-state index is -4.59. The van der Waals surface area contributed by atoms with Gasteiger partial charge in [0, 0.05) is 15.2 Å². The molecule has 0 radical (unpaired) electrons. The first kappa shape index (κ1) is 19.1. The molecule has 8 heteroatoms. The van der Waals surface area contributed by atoms with E-state index in [0.29, 0.717) is 5.75 Å². The first-order valence-corrected chi connectivity index (χ1v) is 9.07. The van der Waals surface area contributed by atoms with Gasteiger partial charge in [0.25, 0.3) is 0 Å². The van der Waals surface area contributed by atoms with Gasteiger partial charge in [-0.15, -0.1) is 11.8 Å². The number of rotatable bonds is 5. The Morgan fingerprint density at radius 1 is 1.17 bits per heavy atom. The Bertz CT molecular complexity index is 722. The second kappa shape index (κ2) is 8.27. The van der Waals surface area contributed by atoms with E-state index >= 15 is 0 Å². The first-order valence-electron chi connectivity index (χ1n) is 6.74. The Labute approximate surface area is 154 Å². The standard InChI is InChI=1S/C16H12BrClF3NOS/c17-11-3-1-10(2-4-11)8-24-9-15(23)22-14-6-5-12(18)7-13(14)16(19,20)21/h1-7H,8-9H2,(H,22,23). The molecule has 0 saturated heterocycles. The molecule has 0 aromatic heterocycles. The smallest absolute Gasteiger partial charge is 0.325 e. The zero-order valence-corrected chi connectivity index (χ0v) is 15.3. The number of carbonyl (C=O) groups is 1. The summed E-state index contributed by atoms with van der Waals surface area (Å²) in [5, 5.41) is 2.26. The maximum absolute atomic E-state index is 13.0. The van der Waals surface area contributed by atoms with Crippen LogP contribution in [-0.2, 0) is 16.7 Å². The van der Waals surface area contributed by atoms with E-state index in [4.69, 9.17) is 11.6 Å². The Morgan fingerprint density at radius 3 is 2.46 bits per heavy atom. The molecule has 24 heavy (non-hydrogen) atoms. The van der Waals surface area contributed by atoms with Crippen molar-refractivity contribution >= 4 is 50.9 Å². The maximum Gasteiger partial charge on any atom is 0.418 e. The summed E-state index contributed by atoms with van der Waals surface area (Å²) in [7, 11) is 0. The van der Waals surface area contributed by atoms with Gasteiger partial charge in [0.15, 0.2) is 0 Å². The van der Waals surface area contributed by atoms with Crippen molar-refractivity contribution in [3.63, 3.8) is 0 Å². The van der Waals surface area contributed by atoms with Crippen molar-refractivity contribution in [2.24, 2.45) is 0 Å². The molecule has 128 valence electrons. The molecule has 0 spiro atoms. The van der Waals surface area contributed by atoms with E-state index in [-0.39, 0.29) is 16.5 Å². The largest absolute Gasteiger partial charge is 0.418 e. The lowest BCUT2D eigenvalue weighted by Gasteiger charge is -2.14. The molecule has 0 fully saturated rings. The fourth-order valence-electron chi connectivity index (χ4n) is 1.89. The molecule has 0 heterocycles. The summed E-state index contributed by atoms with van der Waals surface area (Å²) in [4.78, 5) is 11.9. The molecule has 2 aromatic carbocycles. The van der Waals surface area contributed by atoms with E-state index in [0.717, 1.165) is 22.2 Å². The summed E-state index contributed by atoms with van der Waals surface area (Å²) < 4.78 is 39.9. The lowest BCUT2D eigenvalue weighted by atomic mass is 10.1. The van der Waals surface area contributed by atoms with Gasteiger partial charge in [-0.25, -0.2) is 0 Å². The number of amides is 1. The lowest BCUT2D eigenvalue weighted by molar-refractivity contribution is -0.137. The van der Waals surface area contributed by atoms with Gasteiger partial charge >= 0.3 is 6.18 Å². The quantitative estimate of drug-likeness (QED) is 0.621. The van der Waals surface area contributed by atoms with E-state index in [1.807, 2.05) is 24.3 Å². The van der Waals surface area contributed by atoms with Gasteiger partial charge in [0.2, 0.25) is 5.91 Å². The van der Waals surface area contributed by atoms with Gasteiger partial charge in [-0.3, -0.25) is 4.79 Å². The molecule has 0 aliphatic carbocycles. The van der Waals surface area contributed by atoms with E-state index in [2.05, 4.69) is 21.2 Å². The summed E-state index contributed by atoms with van der Waals surface area (Å²) in [6.07, 6.45) is -4.59. The molecular formula is C16H12BrClF3NOS. The average molecular weight is 439 g/mol. The number of thioether (sulfide) groups is 1. The number of halogens is 5. The molecule has 0 aliphatic rings. The molecule has 0 atom stereocenters. The predicted octanol–water partition coefficient (Wildman–Crippen LogP) is 5.99. The number of hydrogen-bond acceptors (Lipinski definition) is 2. The molecule has 0 bridgehead atoms. The average Bonchev–Trinajstić information content (AvgIpc) is 2.50. The number of anilines is 1. The first-order chi connectivity index (χ1) is 11.3. The molecule has 1 amide bonds. The number of alkyl halides is 3. The van der Waals surface area contributed by atoms with E-state index in [9.17, 15) is 18.0 Å². The van der Waals surface area contributed by atoms with Gasteiger partial charge in [-0.1, -0.05) is 39.7 Å². The summed E-state index contributed by atoms with van der Waals surface area (Å²) in [6, 6.07) is 10.9. The molecule has 2 rings (SSSR count). The molecule has 0 unspecified atom stereocenters. The van der Waals surface area contributed by atoms with Crippen LogP contribution in [0.1, 0.15) is 11.1 Å². The van der Waals surface area contributed by atoms with E-state index in [1.54, 1.807) is 0 Å². The maximum atomic E-state index is 13.0. The second-order valence-corrected chi connectivity index (χ2v) is 7.19. The minimum Gasteiger partial charge on any atom is -0.325 e. The number of carbonyl (C=O) groups excluding carboxylic acids is 1. The van der Waals surface area contributed by atoms with Gasteiger partial charge in [0.1, 0.15) is 0 Å². The van der Waals surface area contributed by atoms with E-state index in [1.165, 1.54) is 17.8 Å². The zero-order valence-electron chi connectivity index (χ0n) is 12.2. The fraction of sp³-hybridized carbons (Fsp3) is 0.188. The summed E-state index contributed by atoms with van der Waals surface area (Å²) in [5.41, 5.74) is -0.221. The van der Waals surface area contributed by atoms with Crippen molar-refractivity contribution in [1.82, 2.24) is 0 Å². The third-order valence-electron chi connectivity index (χ3n) is 2.98. The van der Waals surface area contributed by atoms with Crippen LogP contribution in [0.3, 0.4) is 0 Å². The van der Waals surface area contributed by atoms with Gasteiger partial charge in [-0.05, 0) is 35.9 Å². The topological polar surface area (TPSA) is 29.1 Å². The molecule has 2 nitrogen and oxygen atoms in total. The van der Waals surface area contributed by atoms with Crippen LogP contribution >= 0.6 is 39.3 Å². The van der Waals surface area contributed by atoms with Crippen LogP contribution in [0.2, 0.25) is 5.02 Å². The SMILES string of the molecule is O=C(CSCc1ccc(Br)cc1)Nc1ccc(Cl)cc1C(F)(F)F. The predicted molar refractivity (Wildman–Crippen MR) is 95.4 cm³/mol. The minimum absolute atomic E-state index is 0.0371. The van der Waals surface area contributed by atoms with Crippen LogP contribution in [0.15, 0.2) is 46.9 Å². The Morgan fingerprint density at radius 2 is 1.83 bits per heavy atom. The van der Waals surface area contributed by atoms with Crippen molar-refractivity contribution in [3.8, 4) is 0 Å². The molecule has 2 aromatic rings. The third-order valence-corrected chi connectivity index (χ3v) is 4.74. The van der Waals surface area contributed by atoms with Crippen molar-refractivity contribution in [3.05, 3.63) is 63.1 Å². The molecule has 1 N–H and O–H groups in total. The highest BCUT2D eigenvalue weighted by molar-refractivity contribution is 9.10. The van der Waals surface area contributed by atoms with Crippen LogP contribution in [0.25, 0.3) is 0 Å². The fourth-order valence-corrected chi connectivity index (χ4v) is 3.11. The van der Waals surface area contributed by atoms with Gasteiger partial charge in [-0.2, -0.15) is 13.2 Å². The zero-order chi connectivity index (χ0) is 17.7. The van der Waals surface area contributed by atoms with Crippen molar-refractivity contribution < 1.29 is 18.0 Å². The van der Waals surface area contributed by atoms with Crippen LogP contribution in [0, 0.1) is 0 Å². The van der Waals surface area contributed by atoms with Gasteiger partial charge < -0.3 is 5.32 Å². The molecule has 0 saturated carbocycles. The van der Waals surface area contributed by atoms with Gasteiger partial charge in [0.05, 0.1) is 17.0 Å². The van der Waals surface area contributed by atoms with E-state index < -0.39 is 17.6 Å². The molecular weight excluding hydrogens is 427 g/mol. The molecule has 0 aliphatic heterocycles. The van der Waals surface area contributed by atoms with Crippen molar-refractivity contribution in [1.29, 1.82) is 0 Å². The second-order valence-electron chi connectivity index (χ2n) is 4.86. The normalized spacial score (nSPS) is 11.4. The van der Waals surface area contributed by atoms with Crippen LogP contribution in [0.4, 0.5) is 18.9 Å². The highest BCUT2D eigenvalue weighted by atomic mass is 79.9. The number of hydrogen-bond donors (Lipinski definition) is 1. The van der Waals surface area contributed by atoms with Crippen LogP contribution < -0.4 is 5.32 Å².